The van der Waals surface area contributed by atoms with Gasteiger partial charge in [0.1, 0.15) is 12.2 Å². The van der Waals surface area contributed by atoms with E-state index in [0.29, 0.717) is 12.5 Å². The summed E-state index contributed by atoms with van der Waals surface area (Å²) in [6.45, 7) is 5.82. The number of H-pyrrole nitrogens is 1. The highest BCUT2D eigenvalue weighted by Crippen LogP contribution is 2.28. The summed E-state index contributed by atoms with van der Waals surface area (Å²) >= 11 is 0. The van der Waals surface area contributed by atoms with Crippen LogP contribution in [-0.4, -0.2) is 43.6 Å². The van der Waals surface area contributed by atoms with Crippen LogP contribution < -0.4 is 0 Å². The minimum absolute atomic E-state index is 0.190. The number of rotatable bonds is 4. The number of carbonyl (C=O) groups excluding carboxylic acids is 1. The monoisotopic (exact) mass is 351 g/mol. The third kappa shape index (κ3) is 3.11. The number of carbonyl (C=O) groups is 1. The quantitative estimate of drug-likeness (QED) is 0.784. The molecule has 4 rings (SSSR count). The molecule has 136 valence electrons. The van der Waals surface area contributed by atoms with E-state index in [1.165, 1.54) is 0 Å². The summed E-state index contributed by atoms with van der Waals surface area (Å²) in [5, 5.41) is 9.56. The molecule has 26 heavy (non-hydrogen) atoms. The molecular weight excluding hydrogens is 326 g/mol. The second-order valence-corrected chi connectivity index (χ2v) is 7.41. The zero-order chi connectivity index (χ0) is 18.1. The van der Waals surface area contributed by atoms with Crippen molar-refractivity contribution in [2.75, 3.05) is 13.1 Å². The summed E-state index contributed by atoms with van der Waals surface area (Å²) in [7, 11) is 0. The molecule has 1 aromatic carbocycles. The fourth-order valence-corrected chi connectivity index (χ4v) is 3.91. The van der Waals surface area contributed by atoms with Crippen molar-refractivity contribution in [2.45, 2.75) is 45.1 Å². The number of hydrogen-bond acceptors (Lipinski definition) is 3. The van der Waals surface area contributed by atoms with Gasteiger partial charge in [0.05, 0.1) is 6.42 Å². The molecule has 3 heterocycles. The van der Waals surface area contributed by atoms with Gasteiger partial charge in [-0.2, -0.15) is 0 Å². The summed E-state index contributed by atoms with van der Waals surface area (Å²) in [6, 6.07) is 8.46. The molecule has 1 aliphatic rings. The Morgan fingerprint density at radius 2 is 2.19 bits per heavy atom. The van der Waals surface area contributed by atoms with E-state index in [1.54, 1.807) is 6.33 Å². The topological polar surface area (TPSA) is 66.8 Å². The zero-order valence-electron chi connectivity index (χ0n) is 15.4. The molecule has 1 N–H and O–H groups in total. The molecule has 0 bridgehead atoms. The van der Waals surface area contributed by atoms with Gasteiger partial charge in [-0.25, -0.2) is 0 Å². The number of piperidine rings is 1. The average Bonchev–Trinajstić information content (AvgIpc) is 3.29. The van der Waals surface area contributed by atoms with Gasteiger partial charge in [-0.1, -0.05) is 18.2 Å². The van der Waals surface area contributed by atoms with Crippen molar-refractivity contribution in [3.8, 4) is 0 Å². The predicted molar refractivity (Wildman–Crippen MR) is 101 cm³/mol. The first kappa shape index (κ1) is 16.8. The zero-order valence-corrected chi connectivity index (χ0v) is 15.4. The lowest BCUT2D eigenvalue weighted by Crippen LogP contribution is -2.40. The Bertz CT molecular complexity index is 910. The van der Waals surface area contributed by atoms with Crippen LogP contribution in [0.3, 0.4) is 0 Å². The summed E-state index contributed by atoms with van der Waals surface area (Å²) in [5.41, 5.74) is 2.15. The van der Waals surface area contributed by atoms with E-state index in [9.17, 15) is 4.79 Å². The molecule has 1 saturated heterocycles. The van der Waals surface area contributed by atoms with Gasteiger partial charge in [0.15, 0.2) is 0 Å². The Kier molecular flexibility index (Phi) is 4.49. The van der Waals surface area contributed by atoms with E-state index in [1.807, 2.05) is 29.3 Å². The Morgan fingerprint density at radius 3 is 3.04 bits per heavy atom. The highest BCUT2D eigenvalue weighted by molar-refractivity contribution is 5.88. The maximum absolute atomic E-state index is 12.9. The third-order valence-electron chi connectivity index (χ3n) is 5.31. The summed E-state index contributed by atoms with van der Waals surface area (Å²) in [4.78, 5) is 18.2. The van der Waals surface area contributed by atoms with Gasteiger partial charge in [-0.05, 0) is 38.3 Å². The van der Waals surface area contributed by atoms with Gasteiger partial charge >= 0.3 is 0 Å². The lowest BCUT2D eigenvalue weighted by molar-refractivity contribution is -0.131. The van der Waals surface area contributed by atoms with Crippen LogP contribution in [0.25, 0.3) is 10.9 Å². The minimum atomic E-state index is 0.190. The van der Waals surface area contributed by atoms with Crippen LogP contribution in [0.15, 0.2) is 36.8 Å². The molecular formula is C20H25N5O. The van der Waals surface area contributed by atoms with E-state index in [4.69, 9.17) is 0 Å². The van der Waals surface area contributed by atoms with Crippen LogP contribution in [0.2, 0.25) is 0 Å². The predicted octanol–water partition coefficient (Wildman–Crippen LogP) is 3.29. The molecule has 0 unspecified atom stereocenters. The third-order valence-corrected chi connectivity index (χ3v) is 5.31. The van der Waals surface area contributed by atoms with Crippen molar-refractivity contribution in [1.29, 1.82) is 0 Å². The van der Waals surface area contributed by atoms with Crippen LogP contribution in [0.4, 0.5) is 0 Å². The molecule has 1 aliphatic heterocycles. The van der Waals surface area contributed by atoms with Gasteiger partial charge in [-0.15, -0.1) is 10.2 Å². The van der Waals surface area contributed by atoms with Gasteiger partial charge in [0, 0.05) is 42.1 Å². The minimum Gasteiger partial charge on any atom is -0.361 e. The largest absolute Gasteiger partial charge is 0.361 e. The number of nitrogens with one attached hydrogen (secondary N) is 1. The van der Waals surface area contributed by atoms with Gasteiger partial charge < -0.3 is 14.5 Å². The first-order valence-electron chi connectivity index (χ1n) is 9.35. The first-order valence-corrected chi connectivity index (χ1v) is 9.35. The molecule has 6 heteroatoms. The normalized spacial score (nSPS) is 18.0. The molecule has 0 spiro atoms. The molecule has 1 amide bonds. The second-order valence-electron chi connectivity index (χ2n) is 7.41. The fraction of sp³-hybridized carbons (Fsp3) is 0.450. The Labute approximate surface area is 153 Å². The molecule has 2 aromatic heterocycles. The standard InChI is InChI=1S/C20H25N5O/c1-14(2)25-13-22-23-20(25)15-6-5-9-24(12-15)19(26)10-16-11-21-18-8-4-3-7-17(16)18/h3-4,7-8,11,13-15,21H,5-6,9-10,12H2,1-2H3/t15-/m0/s1. The molecule has 0 aliphatic carbocycles. The number of aromatic nitrogens is 4. The van der Waals surface area contributed by atoms with Crippen LogP contribution in [-0.2, 0) is 11.2 Å². The van der Waals surface area contributed by atoms with E-state index < -0.39 is 0 Å². The number of nitrogens with zero attached hydrogens (tertiary/aromatic N) is 4. The van der Waals surface area contributed by atoms with Crippen LogP contribution >= 0.6 is 0 Å². The molecule has 1 fully saturated rings. The number of benzene rings is 1. The Hall–Kier alpha value is -2.63. The van der Waals surface area contributed by atoms with Crippen molar-refractivity contribution in [2.24, 2.45) is 0 Å². The summed E-state index contributed by atoms with van der Waals surface area (Å²) < 4.78 is 2.12. The van der Waals surface area contributed by atoms with Crippen molar-refractivity contribution in [1.82, 2.24) is 24.6 Å². The van der Waals surface area contributed by atoms with E-state index in [2.05, 4.69) is 39.7 Å². The number of aromatic amines is 1. The van der Waals surface area contributed by atoms with Crippen molar-refractivity contribution < 1.29 is 4.79 Å². The Balaban J connectivity index is 1.49. The van der Waals surface area contributed by atoms with E-state index in [0.717, 1.165) is 48.2 Å². The van der Waals surface area contributed by atoms with Gasteiger partial charge in [-0.3, -0.25) is 4.79 Å². The molecule has 3 aromatic rings. The average molecular weight is 351 g/mol. The lowest BCUT2D eigenvalue weighted by Gasteiger charge is -2.32. The van der Waals surface area contributed by atoms with Crippen LogP contribution in [0, 0.1) is 0 Å². The number of likely N-dealkylation sites (tertiary alicyclic amines) is 1. The van der Waals surface area contributed by atoms with Crippen LogP contribution in [0.1, 0.15) is 50.0 Å². The SMILES string of the molecule is CC(C)n1cnnc1[C@H]1CCCN(C(=O)Cc2c[nH]c3ccccc23)C1. The number of fused-ring (bicyclic) bond motifs is 1. The summed E-state index contributed by atoms with van der Waals surface area (Å²) in [5.74, 6) is 1.46. The molecule has 0 radical (unpaired) electrons. The van der Waals surface area contributed by atoms with E-state index >= 15 is 0 Å². The van der Waals surface area contributed by atoms with E-state index in [-0.39, 0.29) is 11.8 Å². The number of amides is 1. The smallest absolute Gasteiger partial charge is 0.227 e. The van der Waals surface area contributed by atoms with Gasteiger partial charge in [0.2, 0.25) is 5.91 Å². The van der Waals surface area contributed by atoms with Gasteiger partial charge in [0.25, 0.3) is 0 Å². The van der Waals surface area contributed by atoms with Crippen LogP contribution in [0.5, 0.6) is 0 Å². The molecule has 1 atom stereocenters. The Morgan fingerprint density at radius 1 is 1.35 bits per heavy atom. The molecule has 0 saturated carbocycles. The fourth-order valence-electron chi connectivity index (χ4n) is 3.91. The van der Waals surface area contributed by atoms with Crippen molar-refractivity contribution in [3.63, 3.8) is 0 Å². The summed E-state index contributed by atoms with van der Waals surface area (Å²) in [6.07, 6.45) is 6.26. The molecule has 6 nitrogen and oxygen atoms in total. The lowest BCUT2D eigenvalue weighted by atomic mass is 9.96. The maximum atomic E-state index is 12.9. The second kappa shape index (κ2) is 6.94. The van der Waals surface area contributed by atoms with Crippen molar-refractivity contribution >= 4 is 16.8 Å². The highest BCUT2D eigenvalue weighted by atomic mass is 16.2. The number of para-hydroxylation sites is 1. The number of hydrogen-bond donors (Lipinski definition) is 1. The first-order chi connectivity index (χ1) is 12.6. The highest BCUT2D eigenvalue weighted by Gasteiger charge is 2.28. The maximum Gasteiger partial charge on any atom is 0.227 e. The van der Waals surface area contributed by atoms with Crippen molar-refractivity contribution in [3.05, 3.63) is 48.2 Å².